The largest absolute Gasteiger partial charge is 0.480 e. The van der Waals surface area contributed by atoms with Gasteiger partial charge in [0.15, 0.2) is 0 Å². The van der Waals surface area contributed by atoms with Gasteiger partial charge in [-0.15, -0.1) is 0 Å². The minimum absolute atomic E-state index is 0.0816. The Morgan fingerprint density at radius 2 is 1.69 bits per heavy atom. The Morgan fingerprint density at radius 1 is 1.12 bits per heavy atom. The smallest absolute Gasteiger partial charge is 0.329 e. The Kier molecular flexibility index (Phi) is 4.90. The highest BCUT2D eigenvalue weighted by atomic mass is 16.4. The second-order valence-electron chi connectivity index (χ2n) is 7.71. The van der Waals surface area contributed by atoms with Gasteiger partial charge in [-0.1, -0.05) is 44.0 Å². The van der Waals surface area contributed by atoms with Crippen LogP contribution in [0.3, 0.4) is 0 Å². The fraction of sp³-hybridized carbons (Fsp3) is 0.429. The highest BCUT2D eigenvalue weighted by molar-refractivity contribution is 6.05. The average molecular weight is 354 g/mol. The average Bonchev–Trinajstić information content (AvgIpc) is 2.61. The third kappa shape index (κ3) is 3.39. The van der Waals surface area contributed by atoms with Crippen molar-refractivity contribution in [2.24, 2.45) is 11.8 Å². The van der Waals surface area contributed by atoms with E-state index in [9.17, 15) is 14.7 Å². The van der Waals surface area contributed by atoms with Gasteiger partial charge in [0.2, 0.25) is 0 Å². The lowest BCUT2D eigenvalue weighted by atomic mass is 9.72. The number of carboxylic acids is 1. The molecule has 0 aliphatic heterocycles. The van der Waals surface area contributed by atoms with Crippen LogP contribution in [0.2, 0.25) is 0 Å². The molecule has 138 valence electrons. The Labute approximate surface area is 153 Å². The predicted molar refractivity (Wildman–Crippen MR) is 103 cm³/mol. The number of hydrogen-bond donors (Lipinski definition) is 3. The second-order valence-corrected chi connectivity index (χ2v) is 7.71. The van der Waals surface area contributed by atoms with Crippen LogP contribution < -0.4 is 11.1 Å². The van der Waals surface area contributed by atoms with Gasteiger partial charge in [0.1, 0.15) is 5.54 Å². The number of nitrogen functional groups attached to an aromatic ring is 1. The van der Waals surface area contributed by atoms with E-state index in [4.69, 9.17) is 5.73 Å². The van der Waals surface area contributed by atoms with Crippen LogP contribution in [0.15, 0.2) is 36.4 Å². The van der Waals surface area contributed by atoms with Crippen LogP contribution in [0.25, 0.3) is 10.8 Å². The summed E-state index contributed by atoms with van der Waals surface area (Å²) in [5, 5.41) is 14.5. The van der Waals surface area contributed by atoms with E-state index in [0.29, 0.717) is 17.2 Å². The molecule has 5 nitrogen and oxygen atoms in total. The molecule has 1 fully saturated rings. The van der Waals surface area contributed by atoms with Crippen molar-refractivity contribution in [3.8, 4) is 0 Å². The Morgan fingerprint density at radius 3 is 2.27 bits per heavy atom. The lowest BCUT2D eigenvalue weighted by Crippen LogP contribution is -2.58. The molecule has 3 rings (SSSR count). The van der Waals surface area contributed by atoms with Crippen molar-refractivity contribution in [3.05, 3.63) is 42.0 Å². The highest BCUT2D eigenvalue weighted by Gasteiger charge is 2.44. The van der Waals surface area contributed by atoms with E-state index in [1.54, 1.807) is 19.1 Å². The summed E-state index contributed by atoms with van der Waals surface area (Å²) in [6.45, 7) is 3.80. The van der Waals surface area contributed by atoms with Gasteiger partial charge < -0.3 is 16.2 Å². The normalized spacial score (nSPS) is 22.5. The van der Waals surface area contributed by atoms with Crippen molar-refractivity contribution >= 4 is 28.3 Å². The first kappa shape index (κ1) is 18.2. The minimum atomic E-state index is -1.30. The molecule has 1 saturated carbocycles. The van der Waals surface area contributed by atoms with Crippen molar-refractivity contribution in [1.82, 2.24) is 5.32 Å². The van der Waals surface area contributed by atoms with Crippen LogP contribution in [0.1, 0.15) is 49.9 Å². The van der Waals surface area contributed by atoms with Crippen LogP contribution in [-0.2, 0) is 4.79 Å². The monoisotopic (exact) mass is 354 g/mol. The summed E-state index contributed by atoms with van der Waals surface area (Å²) in [4.78, 5) is 24.9. The summed E-state index contributed by atoms with van der Waals surface area (Å²) in [6, 6.07) is 11.1. The van der Waals surface area contributed by atoms with E-state index >= 15 is 0 Å². The molecule has 0 bridgehead atoms. The molecule has 1 atom stereocenters. The number of aliphatic carboxylic acids is 1. The van der Waals surface area contributed by atoms with Crippen LogP contribution in [0, 0.1) is 11.8 Å². The van der Waals surface area contributed by atoms with Gasteiger partial charge in [0.05, 0.1) is 5.56 Å². The third-order valence-corrected chi connectivity index (χ3v) is 5.81. The molecule has 1 aliphatic rings. The van der Waals surface area contributed by atoms with Gasteiger partial charge in [0.25, 0.3) is 5.91 Å². The van der Waals surface area contributed by atoms with E-state index in [1.807, 2.05) is 24.3 Å². The molecular weight excluding hydrogens is 328 g/mol. The fourth-order valence-electron chi connectivity index (χ4n) is 3.93. The Balaban J connectivity index is 1.89. The second kappa shape index (κ2) is 6.98. The number of nitrogens with two attached hydrogens (primary N) is 1. The number of nitrogens with one attached hydrogen (secondary N) is 1. The van der Waals surface area contributed by atoms with Crippen molar-refractivity contribution in [2.45, 2.75) is 45.1 Å². The number of carbonyl (C=O) groups is 2. The molecule has 0 unspecified atom stereocenters. The minimum Gasteiger partial charge on any atom is -0.480 e. The van der Waals surface area contributed by atoms with Crippen molar-refractivity contribution in [1.29, 1.82) is 0 Å². The molecule has 0 heterocycles. The molecule has 0 aromatic heterocycles. The van der Waals surface area contributed by atoms with Crippen LogP contribution in [-0.4, -0.2) is 22.5 Å². The molecule has 0 saturated heterocycles. The summed E-state index contributed by atoms with van der Waals surface area (Å²) in [5.74, 6) is -0.903. The molecule has 5 heteroatoms. The quantitative estimate of drug-likeness (QED) is 0.728. The first-order valence-electron chi connectivity index (χ1n) is 9.15. The zero-order chi connectivity index (χ0) is 18.9. The van der Waals surface area contributed by atoms with Gasteiger partial charge >= 0.3 is 5.97 Å². The maximum Gasteiger partial charge on any atom is 0.329 e. The van der Waals surface area contributed by atoms with E-state index in [1.165, 1.54) is 0 Å². The van der Waals surface area contributed by atoms with E-state index in [2.05, 4.69) is 12.2 Å². The standard InChI is InChI=1S/C21H26N2O3/c1-13-7-9-16(10-8-13)21(2,20(25)26)23-19(24)17-11-14-5-3-4-6-15(14)12-18(17)22/h3-6,11-13,16H,7-10,22H2,1-2H3,(H,23,24)(H,25,26)/t13?,16?,21-/m0/s1. The topological polar surface area (TPSA) is 92.4 Å². The van der Waals surface area contributed by atoms with Crippen molar-refractivity contribution < 1.29 is 14.7 Å². The van der Waals surface area contributed by atoms with Gasteiger partial charge in [0, 0.05) is 5.69 Å². The first-order chi connectivity index (χ1) is 12.3. The van der Waals surface area contributed by atoms with E-state index < -0.39 is 17.4 Å². The van der Waals surface area contributed by atoms with Crippen molar-refractivity contribution in [3.63, 3.8) is 0 Å². The van der Waals surface area contributed by atoms with Crippen LogP contribution in [0.5, 0.6) is 0 Å². The van der Waals surface area contributed by atoms with E-state index in [-0.39, 0.29) is 5.92 Å². The van der Waals surface area contributed by atoms with Crippen molar-refractivity contribution in [2.75, 3.05) is 5.73 Å². The number of anilines is 1. The lowest BCUT2D eigenvalue weighted by molar-refractivity contribution is -0.146. The highest BCUT2D eigenvalue weighted by Crippen LogP contribution is 2.36. The molecule has 0 spiro atoms. The zero-order valence-corrected chi connectivity index (χ0v) is 15.3. The molecule has 1 aliphatic carbocycles. The molecule has 4 N–H and O–H groups in total. The SMILES string of the molecule is CC1CCC([C@](C)(NC(=O)c2cc3ccccc3cc2N)C(=O)O)CC1. The molecule has 2 aromatic carbocycles. The summed E-state index contributed by atoms with van der Waals surface area (Å²) in [7, 11) is 0. The number of carbonyl (C=O) groups excluding carboxylic acids is 1. The molecule has 26 heavy (non-hydrogen) atoms. The number of benzene rings is 2. The first-order valence-corrected chi connectivity index (χ1v) is 9.15. The predicted octanol–water partition coefficient (Wildman–Crippen LogP) is 3.82. The fourth-order valence-corrected chi connectivity index (χ4v) is 3.93. The van der Waals surface area contributed by atoms with Gasteiger partial charge in [-0.25, -0.2) is 4.79 Å². The third-order valence-electron chi connectivity index (χ3n) is 5.81. The van der Waals surface area contributed by atoms with Gasteiger partial charge in [-0.3, -0.25) is 4.79 Å². The molecule has 2 aromatic rings. The summed E-state index contributed by atoms with van der Waals surface area (Å²) in [5.41, 5.74) is 5.45. The Hall–Kier alpha value is -2.56. The van der Waals surface area contributed by atoms with Crippen LogP contribution in [0.4, 0.5) is 5.69 Å². The number of hydrogen-bond acceptors (Lipinski definition) is 3. The number of rotatable bonds is 4. The zero-order valence-electron chi connectivity index (χ0n) is 15.3. The van der Waals surface area contributed by atoms with Gasteiger partial charge in [-0.05, 0) is 54.5 Å². The maximum atomic E-state index is 12.9. The molecular formula is C21H26N2O3. The van der Waals surface area contributed by atoms with E-state index in [0.717, 1.165) is 36.5 Å². The molecule has 1 amide bonds. The van der Waals surface area contributed by atoms with Gasteiger partial charge in [-0.2, -0.15) is 0 Å². The maximum absolute atomic E-state index is 12.9. The number of carboxylic acid groups (broad SMARTS) is 1. The summed E-state index contributed by atoms with van der Waals surface area (Å²) >= 11 is 0. The lowest BCUT2D eigenvalue weighted by Gasteiger charge is -2.38. The Bertz CT molecular complexity index is 840. The number of amides is 1. The van der Waals surface area contributed by atoms with Crippen LogP contribution >= 0.6 is 0 Å². The summed E-state index contributed by atoms with van der Waals surface area (Å²) in [6.07, 6.45) is 3.58. The number of fused-ring (bicyclic) bond motifs is 1. The molecule has 0 radical (unpaired) electrons. The summed E-state index contributed by atoms with van der Waals surface area (Å²) < 4.78 is 0.